The first-order valence-electron chi connectivity index (χ1n) is 7.66. The van der Waals surface area contributed by atoms with E-state index >= 15 is 0 Å². The van der Waals surface area contributed by atoms with Gasteiger partial charge in [-0.25, -0.2) is 10.4 Å². The number of imidazole rings is 1. The van der Waals surface area contributed by atoms with E-state index in [1.165, 1.54) is 0 Å². The molecule has 128 valence electrons. The highest BCUT2D eigenvalue weighted by atomic mass is 35.5. The number of nitrogens with zero attached hydrogens (tertiary/aromatic N) is 3. The van der Waals surface area contributed by atoms with Crippen LogP contribution in [0.2, 0.25) is 10.0 Å². The van der Waals surface area contributed by atoms with Crippen molar-refractivity contribution >= 4 is 45.9 Å². The molecule has 7 heteroatoms. The first kappa shape index (κ1) is 17.5. The zero-order valence-electron chi connectivity index (χ0n) is 13.8. The zero-order chi connectivity index (χ0) is 18.0. The van der Waals surface area contributed by atoms with Crippen molar-refractivity contribution in [3.05, 3.63) is 63.9 Å². The highest BCUT2D eigenvalue weighted by molar-refractivity contribution is 6.37. The number of carbonyl (C=O) groups is 1. The summed E-state index contributed by atoms with van der Waals surface area (Å²) in [5, 5.41) is 5.17. The summed E-state index contributed by atoms with van der Waals surface area (Å²) in [6.45, 7) is 3.78. The number of aryl methyl sites for hydroxylation is 1. The molecule has 0 spiro atoms. The third-order valence-electron chi connectivity index (χ3n) is 3.82. The van der Waals surface area contributed by atoms with Crippen LogP contribution >= 0.6 is 23.2 Å². The average Bonchev–Trinajstić information content (AvgIpc) is 2.88. The number of fused-ring (bicyclic) bond motifs is 1. The maximum absolute atomic E-state index is 12.3. The predicted octanol–water partition coefficient (Wildman–Crippen LogP) is 4.19. The summed E-state index contributed by atoms with van der Waals surface area (Å²) < 4.78 is 1.85. The second kappa shape index (κ2) is 7.25. The van der Waals surface area contributed by atoms with E-state index in [1.807, 2.05) is 35.8 Å². The molecule has 0 aliphatic heterocycles. The van der Waals surface area contributed by atoms with Crippen LogP contribution in [0.25, 0.3) is 11.0 Å². The molecule has 3 rings (SSSR count). The molecule has 1 amide bonds. The largest absolute Gasteiger partial charge is 0.319 e. The number of rotatable bonds is 4. The Kier molecular flexibility index (Phi) is 5.06. The highest BCUT2D eigenvalue weighted by Gasteiger charge is 2.11. The molecule has 2 aromatic carbocycles. The minimum Gasteiger partial charge on any atom is -0.319 e. The van der Waals surface area contributed by atoms with E-state index in [0.29, 0.717) is 15.8 Å². The Balaban J connectivity index is 1.75. The molecule has 25 heavy (non-hydrogen) atoms. The lowest BCUT2D eigenvalue weighted by Gasteiger charge is -2.07. The molecule has 0 unspecified atom stereocenters. The van der Waals surface area contributed by atoms with Crippen molar-refractivity contribution in [1.29, 1.82) is 0 Å². The number of hydrogen-bond acceptors (Lipinski definition) is 3. The van der Waals surface area contributed by atoms with Crippen LogP contribution < -0.4 is 5.43 Å². The van der Waals surface area contributed by atoms with Crippen molar-refractivity contribution in [2.75, 3.05) is 0 Å². The molecule has 0 saturated carbocycles. The molecule has 1 aromatic heterocycles. The Labute approximate surface area is 155 Å². The minimum absolute atomic E-state index is 0.136. The molecule has 0 aliphatic rings. The van der Waals surface area contributed by atoms with E-state index in [1.54, 1.807) is 25.1 Å². The number of halogens is 2. The molecule has 1 heterocycles. The molecule has 5 nitrogen and oxygen atoms in total. The number of carbonyl (C=O) groups excluding carboxylic acids is 1. The number of hydrazone groups is 1. The Hall–Kier alpha value is -2.37. The van der Waals surface area contributed by atoms with Crippen LogP contribution in [0, 0.1) is 6.92 Å². The third kappa shape index (κ3) is 3.83. The summed E-state index contributed by atoms with van der Waals surface area (Å²) in [7, 11) is 0. The van der Waals surface area contributed by atoms with Crippen molar-refractivity contribution in [2.24, 2.45) is 5.10 Å². The van der Waals surface area contributed by atoms with Crippen LogP contribution in [0.1, 0.15) is 18.3 Å². The van der Waals surface area contributed by atoms with E-state index in [4.69, 9.17) is 23.2 Å². The fourth-order valence-electron chi connectivity index (χ4n) is 2.56. The predicted molar refractivity (Wildman–Crippen MR) is 101 cm³/mol. The number of nitrogens with one attached hydrogen (secondary N) is 1. The Morgan fingerprint density at radius 3 is 2.76 bits per heavy atom. The summed E-state index contributed by atoms with van der Waals surface area (Å²) in [4.78, 5) is 16.7. The van der Waals surface area contributed by atoms with Gasteiger partial charge in [0, 0.05) is 10.6 Å². The summed E-state index contributed by atoms with van der Waals surface area (Å²) in [6, 6.07) is 12.8. The first-order chi connectivity index (χ1) is 12.0. The van der Waals surface area contributed by atoms with Gasteiger partial charge in [0.1, 0.15) is 12.4 Å². The van der Waals surface area contributed by atoms with Gasteiger partial charge >= 0.3 is 0 Å². The van der Waals surface area contributed by atoms with Gasteiger partial charge in [0.25, 0.3) is 5.91 Å². The monoisotopic (exact) mass is 374 g/mol. The number of para-hydroxylation sites is 2. The van der Waals surface area contributed by atoms with Gasteiger partial charge in [0.15, 0.2) is 0 Å². The maximum atomic E-state index is 12.3. The lowest BCUT2D eigenvalue weighted by molar-refractivity contribution is -0.121. The van der Waals surface area contributed by atoms with E-state index in [0.717, 1.165) is 22.4 Å². The second-order valence-electron chi connectivity index (χ2n) is 5.59. The van der Waals surface area contributed by atoms with Crippen LogP contribution in [0.3, 0.4) is 0 Å². The normalized spacial score (nSPS) is 11.8. The Morgan fingerprint density at radius 2 is 2.00 bits per heavy atom. The van der Waals surface area contributed by atoms with Gasteiger partial charge in [-0.3, -0.25) is 4.79 Å². The highest BCUT2D eigenvalue weighted by Crippen LogP contribution is 2.21. The molecule has 0 radical (unpaired) electrons. The van der Waals surface area contributed by atoms with Crippen LogP contribution in [0.15, 0.2) is 47.6 Å². The van der Waals surface area contributed by atoms with Gasteiger partial charge < -0.3 is 4.57 Å². The van der Waals surface area contributed by atoms with Gasteiger partial charge in [-0.15, -0.1) is 0 Å². The van der Waals surface area contributed by atoms with E-state index in [-0.39, 0.29) is 12.5 Å². The molecule has 3 aromatic rings. The molecule has 0 bridgehead atoms. The average molecular weight is 375 g/mol. The quantitative estimate of drug-likeness (QED) is 0.549. The summed E-state index contributed by atoms with van der Waals surface area (Å²) in [5.41, 5.74) is 5.65. The van der Waals surface area contributed by atoms with Crippen molar-refractivity contribution in [2.45, 2.75) is 20.4 Å². The van der Waals surface area contributed by atoms with E-state index < -0.39 is 0 Å². The van der Waals surface area contributed by atoms with Crippen molar-refractivity contribution in [3.63, 3.8) is 0 Å². The van der Waals surface area contributed by atoms with Gasteiger partial charge in [-0.1, -0.05) is 41.4 Å². The standard InChI is InChI=1S/C18H16Cl2N4O/c1-11(14-8-7-13(19)9-15(14)20)22-23-18(25)10-24-12(2)21-16-5-3-4-6-17(16)24/h3-9H,10H2,1-2H3,(H,23,25)/b22-11-. The number of aromatic nitrogens is 2. The van der Waals surface area contributed by atoms with Crippen molar-refractivity contribution in [1.82, 2.24) is 15.0 Å². The van der Waals surface area contributed by atoms with E-state index in [2.05, 4.69) is 15.5 Å². The maximum Gasteiger partial charge on any atom is 0.260 e. The topological polar surface area (TPSA) is 59.3 Å². The Bertz CT molecular complexity index is 978. The molecule has 1 N–H and O–H groups in total. The number of amides is 1. The lowest BCUT2D eigenvalue weighted by Crippen LogP contribution is -2.24. The van der Waals surface area contributed by atoms with Gasteiger partial charge in [0.2, 0.25) is 0 Å². The smallest absolute Gasteiger partial charge is 0.260 e. The van der Waals surface area contributed by atoms with Gasteiger partial charge in [-0.2, -0.15) is 5.10 Å². The van der Waals surface area contributed by atoms with Crippen LogP contribution in [-0.4, -0.2) is 21.2 Å². The molecular formula is C18H16Cl2N4O. The number of benzene rings is 2. The van der Waals surface area contributed by atoms with Crippen LogP contribution in [-0.2, 0) is 11.3 Å². The summed E-state index contributed by atoms with van der Waals surface area (Å²) in [6.07, 6.45) is 0. The fourth-order valence-corrected chi connectivity index (χ4v) is 3.11. The van der Waals surface area contributed by atoms with Gasteiger partial charge in [0.05, 0.1) is 21.8 Å². The number of hydrogen-bond donors (Lipinski definition) is 1. The lowest BCUT2D eigenvalue weighted by atomic mass is 10.1. The van der Waals surface area contributed by atoms with Crippen molar-refractivity contribution in [3.8, 4) is 0 Å². The molecule has 0 saturated heterocycles. The second-order valence-corrected chi connectivity index (χ2v) is 6.43. The van der Waals surface area contributed by atoms with Crippen molar-refractivity contribution < 1.29 is 4.79 Å². The minimum atomic E-state index is -0.240. The van der Waals surface area contributed by atoms with Gasteiger partial charge in [-0.05, 0) is 38.1 Å². The SMILES string of the molecule is C/C(=N/NC(=O)Cn1c(C)nc2ccccc21)c1ccc(Cl)cc1Cl. The summed E-state index contributed by atoms with van der Waals surface area (Å²) >= 11 is 12.0. The van der Waals surface area contributed by atoms with Crippen LogP contribution in [0.5, 0.6) is 0 Å². The molecule has 0 atom stereocenters. The zero-order valence-corrected chi connectivity index (χ0v) is 15.3. The Morgan fingerprint density at radius 1 is 1.24 bits per heavy atom. The first-order valence-corrected chi connectivity index (χ1v) is 8.41. The van der Waals surface area contributed by atoms with Crippen LogP contribution in [0.4, 0.5) is 0 Å². The molecule has 0 fully saturated rings. The third-order valence-corrected chi connectivity index (χ3v) is 4.36. The van der Waals surface area contributed by atoms with E-state index in [9.17, 15) is 4.79 Å². The molecular weight excluding hydrogens is 359 g/mol. The fraction of sp³-hybridized carbons (Fsp3) is 0.167. The molecule has 0 aliphatic carbocycles. The summed E-state index contributed by atoms with van der Waals surface area (Å²) in [5.74, 6) is 0.536.